The first-order valence-corrected chi connectivity index (χ1v) is 17.3. The zero-order valence-electron chi connectivity index (χ0n) is 30.0. The average Bonchev–Trinajstić information content (AvgIpc) is 3.45. The number of hydrogen-bond donors (Lipinski definition) is 1. The minimum Gasteiger partial charge on any atom is -0.491 e. The highest BCUT2D eigenvalue weighted by Gasteiger charge is 2.52. The Morgan fingerprint density at radius 2 is 1.48 bits per heavy atom. The second-order valence-corrected chi connectivity index (χ2v) is 12.4. The van der Waals surface area contributed by atoms with Gasteiger partial charge < -0.3 is 43.2 Å². The molecule has 1 amide bonds. The third-order valence-corrected chi connectivity index (χ3v) is 8.92. The van der Waals surface area contributed by atoms with Gasteiger partial charge in [-0.2, -0.15) is 0 Å². The number of carbonyl (C=O) groups excluding carboxylic acids is 4. The van der Waals surface area contributed by atoms with E-state index in [4.69, 9.17) is 37.9 Å². The van der Waals surface area contributed by atoms with Crippen molar-refractivity contribution in [3.63, 3.8) is 0 Å². The summed E-state index contributed by atoms with van der Waals surface area (Å²) in [6.07, 6.45) is -4.56. The van der Waals surface area contributed by atoms with Crippen LogP contribution in [0, 0.1) is 5.92 Å². The average molecular weight is 720 g/mol. The molecule has 2 aliphatic rings. The summed E-state index contributed by atoms with van der Waals surface area (Å²) in [5.74, 6) is -1.89. The van der Waals surface area contributed by atoms with Crippen LogP contribution >= 0.6 is 0 Å². The lowest BCUT2D eigenvalue weighted by Gasteiger charge is -2.42. The van der Waals surface area contributed by atoms with Crippen molar-refractivity contribution in [1.29, 1.82) is 0 Å². The molecule has 0 radical (unpaired) electrons. The van der Waals surface area contributed by atoms with Crippen molar-refractivity contribution in [2.24, 2.45) is 5.92 Å². The Hall–Kier alpha value is -5.14. The number of nitrogens with one attached hydrogen (secondary N) is 1. The van der Waals surface area contributed by atoms with Crippen LogP contribution in [-0.4, -0.2) is 88.7 Å². The summed E-state index contributed by atoms with van der Waals surface area (Å²) in [5, 5.41) is 2.73. The van der Waals surface area contributed by atoms with Gasteiger partial charge in [-0.15, -0.1) is 0 Å². The molecule has 1 N–H and O–H groups in total. The van der Waals surface area contributed by atoms with Gasteiger partial charge in [0, 0.05) is 38.3 Å². The molecule has 13 heteroatoms. The van der Waals surface area contributed by atoms with Gasteiger partial charge in [0.1, 0.15) is 24.7 Å². The first kappa shape index (κ1) is 38.1. The van der Waals surface area contributed by atoms with Crippen molar-refractivity contribution in [2.45, 2.75) is 64.6 Å². The number of ether oxygens (including phenoxy) is 8. The Morgan fingerprint density at radius 3 is 2.12 bits per heavy atom. The van der Waals surface area contributed by atoms with Crippen LogP contribution in [0.15, 0.2) is 66.7 Å². The summed E-state index contributed by atoms with van der Waals surface area (Å²) in [7, 11) is 1.21. The van der Waals surface area contributed by atoms with Gasteiger partial charge in [-0.05, 0) is 40.3 Å². The van der Waals surface area contributed by atoms with Crippen molar-refractivity contribution < 1.29 is 57.1 Å². The van der Waals surface area contributed by atoms with Gasteiger partial charge in [0.25, 0.3) is 0 Å². The molecule has 0 aromatic heterocycles. The van der Waals surface area contributed by atoms with Crippen molar-refractivity contribution in [1.82, 2.24) is 5.32 Å². The molecule has 5 atom stereocenters. The lowest BCUT2D eigenvalue weighted by Crippen LogP contribution is -2.60. The van der Waals surface area contributed by atoms with E-state index in [2.05, 4.69) is 29.6 Å². The van der Waals surface area contributed by atoms with Gasteiger partial charge in [0.2, 0.25) is 12.4 Å². The van der Waals surface area contributed by atoms with Crippen LogP contribution in [0.2, 0.25) is 0 Å². The van der Waals surface area contributed by atoms with Gasteiger partial charge in [-0.3, -0.25) is 9.59 Å². The molecule has 1 saturated heterocycles. The first-order valence-electron chi connectivity index (χ1n) is 17.3. The fourth-order valence-corrected chi connectivity index (χ4v) is 6.49. The molecule has 1 heterocycles. The zero-order chi connectivity index (χ0) is 37.2. The Balaban J connectivity index is 1.10. The first-order chi connectivity index (χ1) is 25.1. The van der Waals surface area contributed by atoms with Crippen LogP contribution in [0.5, 0.6) is 11.5 Å². The number of hydrogen-bond acceptors (Lipinski definition) is 12. The predicted octanol–water partition coefficient (Wildman–Crippen LogP) is 4.96. The molecular weight excluding hydrogens is 674 g/mol. The molecule has 278 valence electrons. The van der Waals surface area contributed by atoms with Crippen molar-refractivity contribution in [3.8, 4) is 22.6 Å². The molecule has 5 rings (SSSR count). The molecule has 3 aromatic rings. The number of amides is 1. The second kappa shape index (κ2) is 17.9. The van der Waals surface area contributed by atoms with Crippen LogP contribution in [0.3, 0.4) is 0 Å². The van der Waals surface area contributed by atoms with Crippen LogP contribution < -0.4 is 14.8 Å². The van der Waals surface area contributed by atoms with E-state index < -0.39 is 54.5 Å². The van der Waals surface area contributed by atoms with E-state index >= 15 is 0 Å². The summed E-state index contributed by atoms with van der Waals surface area (Å²) in [4.78, 5) is 49.0. The number of rotatable bonds is 15. The van der Waals surface area contributed by atoms with E-state index in [1.54, 1.807) is 19.1 Å². The zero-order valence-corrected chi connectivity index (χ0v) is 30.0. The molecule has 0 saturated carbocycles. The molecule has 52 heavy (non-hydrogen) atoms. The van der Waals surface area contributed by atoms with Gasteiger partial charge in [0.15, 0.2) is 12.2 Å². The van der Waals surface area contributed by atoms with E-state index in [1.165, 1.54) is 21.0 Å². The van der Waals surface area contributed by atoms with Crippen molar-refractivity contribution in [2.75, 3.05) is 40.1 Å². The quantitative estimate of drug-likeness (QED) is 0.128. The second-order valence-electron chi connectivity index (χ2n) is 12.4. The maximum Gasteiger partial charge on any atom is 0.407 e. The number of benzene rings is 3. The van der Waals surface area contributed by atoms with E-state index in [0.717, 1.165) is 27.8 Å². The summed E-state index contributed by atoms with van der Waals surface area (Å²) in [6, 6.07) is 21.5. The number of fused-ring (bicyclic) bond motifs is 3. The monoisotopic (exact) mass is 719 g/mol. The van der Waals surface area contributed by atoms with E-state index in [1.807, 2.05) is 37.3 Å². The lowest BCUT2D eigenvalue weighted by atomic mass is 9.90. The van der Waals surface area contributed by atoms with Crippen LogP contribution in [0.4, 0.5) is 4.79 Å². The largest absolute Gasteiger partial charge is 0.491 e. The van der Waals surface area contributed by atoms with Gasteiger partial charge in [0.05, 0.1) is 20.3 Å². The SMILES string of the molecule is CCc1ccc(O[C@@H]2O[C@H](C(=O)OC)[C@H](C)[C@H](OC(C)=O)[C@@H]2OC(C)=O)cc1OCCOCCNC(=O)OCC1c2ccccc2-c2ccccc21. The Kier molecular flexibility index (Phi) is 13.1. The molecule has 1 aliphatic carbocycles. The Bertz CT molecular complexity index is 1680. The third-order valence-electron chi connectivity index (χ3n) is 8.92. The number of methoxy groups -OCH3 is 1. The smallest absolute Gasteiger partial charge is 0.407 e. The van der Waals surface area contributed by atoms with Gasteiger partial charge in [-0.1, -0.05) is 68.4 Å². The standard InChI is InChI=1S/C39H45NO12/c1-6-26-15-16-27(51-38-36(50-25(4)42)34(49-24(3)41)23(2)35(52-38)37(43)45-5)21-33(26)47-20-19-46-18-17-40-39(44)48-22-32-30-13-9-7-11-28(30)29-12-8-10-14-31(29)32/h7-16,21,23,32,34-36,38H,6,17-20,22H2,1-5H3,(H,40,44)/t23-,34+,35+,36+,38-/m1/s1. The van der Waals surface area contributed by atoms with Crippen LogP contribution in [0.25, 0.3) is 11.1 Å². The highest BCUT2D eigenvalue weighted by molar-refractivity contribution is 5.79. The van der Waals surface area contributed by atoms with E-state index in [0.29, 0.717) is 17.9 Å². The minimum atomic E-state index is -1.32. The summed E-state index contributed by atoms with van der Waals surface area (Å²) in [5.41, 5.74) is 5.51. The summed E-state index contributed by atoms with van der Waals surface area (Å²) < 4.78 is 45.1. The van der Waals surface area contributed by atoms with Crippen molar-refractivity contribution in [3.05, 3.63) is 83.4 Å². The Labute approximate surface area is 302 Å². The molecule has 13 nitrogen and oxygen atoms in total. The molecule has 1 aliphatic heterocycles. The summed E-state index contributed by atoms with van der Waals surface area (Å²) in [6.45, 7) is 7.20. The van der Waals surface area contributed by atoms with E-state index in [9.17, 15) is 19.2 Å². The molecule has 3 aromatic carbocycles. The molecule has 0 unspecified atom stereocenters. The Morgan fingerprint density at radius 1 is 0.827 bits per heavy atom. The van der Waals surface area contributed by atoms with Crippen molar-refractivity contribution >= 4 is 24.0 Å². The highest BCUT2D eigenvalue weighted by Crippen LogP contribution is 2.44. The third kappa shape index (κ3) is 9.20. The fraction of sp³-hybridized carbons (Fsp3) is 0.436. The fourth-order valence-electron chi connectivity index (χ4n) is 6.49. The number of alkyl carbamates (subject to hydrolysis) is 1. The van der Waals surface area contributed by atoms with Crippen LogP contribution in [-0.2, 0) is 49.2 Å². The predicted molar refractivity (Wildman–Crippen MR) is 187 cm³/mol. The van der Waals surface area contributed by atoms with Crippen LogP contribution in [0.1, 0.15) is 50.3 Å². The molecule has 0 spiro atoms. The minimum absolute atomic E-state index is 0.0212. The lowest BCUT2D eigenvalue weighted by molar-refractivity contribution is -0.266. The molecular formula is C39H45NO12. The molecule has 0 bridgehead atoms. The summed E-state index contributed by atoms with van der Waals surface area (Å²) >= 11 is 0. The topological polar surface area (TPSA) is 154 Å². The van der Waals surface area contributed by atoms with Gasteiger partial charge in [-0.25, -0.2) is 9.59 Å². The van der Waals surface area contributed by atoms with E-state index in [-0.39, 0.29) is 38.9 Å². The normalized spacial score (nSPS) is 20.5. The maximum atomic E-state index is 12.6. The van der Waals surface area contributed by atoms with Gasteiger partial charge >= 0.3 is 24.0 Å². The number of carbonyl (C=O) groups is 4. The molecule has 1 fully saturated rings. The maximum absolute atomic E-state index is 12.6. The highest BCUT2D eigenvalue weighted by atomic mass is 16.7. The number of aryl methyl sites for hydroxylation is 1. The number of esters is 3.